The first kappa shape index (κ1) is 10.8. The first-order valence-electron chi connectivity index (χ1n) is 5.84. The van der Waals surface area contributed by atoms with Gasteiger partial charge >= 0.3 is 5.97 Å². The lowest BCUT2D eigenvalue weighted by molar-refractivity contribution is 0.0699. The first-order chi connectivity index (χ1) is 8.75. The van der Waals surface area contributed by atoms with Crippen LogP contribution in [0.25, 0.3) is 10.9 Å². The molecule has 0 fully saturated rings. The number of aromatic carboxylic acids is 1. The highest BCUT2D eigenvalue weighted by atomic mass is 16.4. The van der Waals surface area contributed by atoms with Crippen molar-refractivity contribution in [2.75, 3.05) is 13.1 Å². The van der Waals surface area contributed by atoms with Crippen LogP contribution in [0.15, 0.2) is 35.5 Å². The lowest BCUT2D eigenvalue weighted by Crippen LogP contribution is -2.23. The summed E-state index contributed by atoms with van der Waals surface area (Å²) in [7, 11) is 0. The Bertz CT molecular complexity index is 643. The third kappa shape index (κ3) is 1.73. The van der Waals surface area contributed by atoms with Crippen LogP contribution >= 0.6 is 0 Å². The van der Waals surface area contributed by atoms with E-state index >= 15 is 0 Å². The molecule has 0 unspecified atom stereocenters. The molecule has 5 nitrogen and oxygen atoms in total. The van der Waals surface area contributed by atoms with Crippen LogP contribution in [0.4, 0.5) is 0 Å². The Balaban J connectivity index is 2.08. The summed E-state index contributed by atoms with van der Waals surface area (Å²) >= 11 is 0. The summed E-state index contributed by atoms with van der Waals surface area (Å²) in [6, 6.07) is 7.52. The molecule has 3 rings (SSSR count). The molecular formula is C13H13N3O2. The normalized spacial score (nSPS) is 14.6. The Morgan fingerprint density at radius 3 is 3.00 bits per heavy atom. The van der Waals surface area contributed by atoms with Crippen molar-refractivity contribution in [2.24, 2.45) is 4.99 Å². The maximum absolute atomic E-state index is 11.2. The standard InChI is InChI=1S/C13H13N3O2/c17-13(18)10-7-16(8-12-14-5-6-15-12)11-4-2-1-3-9(10)11/h1-4,7H,5-6,8H2,(H,14,15)(H,17,18). The van der Waals surface area contributed by atoms with Crippen LogP contribution in [-0.4, -0.2) is 34.6 Å². The second-order valence-corrected chi connectivity index (χ2v) is 4.25. The monoisotopic (exact) mass is 243 g/mol. The van der Waals surface area contributed by atoms with Crippen LogP contribution in [0, 0.1) is 0 Å². The summed E-state index contributed by atoms with van der Waals surface area (Å²) in [6.07, 6.45) is 1.68. The molecule has 1 aromatic heterocycles. The fourth-order valence-corrected chi connectivity index (χ4v) is 2.26. The molecule has 1 aromatic carbocycles. The summed E-state index contributed by atoms with van der Waals surface area (Å²) in [5, 5.41) is 13.2. The number of aromatic nitrogens is 1. The van der Waals surface area contributed by atoms with Crippen molar-refractivity contribution < 1.29 is 9.90 Å². The van der Waals surface area contributed by atoms with Gasteiger partial charge in [-0.25, -0.2) is 4.79 Å². The van der Waals surface area contributed by atoms with Crippen molar-refractivity contribution in [2.45, 2.75) is 6.54 Å². The maximum Gasteiger partial charge on any atom is 0.337 e. The lowest BCUT2D eigenvalue weighted by atomic mass is 10.2. The van der Waals surface area contributed by atoms with Gasteiger partial charge in [-0.15, -0.1) is 0 Å². The van der Waals surface area contributed by atoms with E-state index in [2.05, 4.69) is 10.3 Å². The number of hydrogen-bond acceptors (Lipinski definition) is 3. The smallest absolute Gasteiger partial charge is 0.337 e. The molecule has 0 spiro atoms. The van der Waals surface area contributed by atoms with Gasteiger partial charge in [-0.2, -0.15) is 0 Å². The lowest BCUT2D eigenvalue weighted by Gasteiger charge is -2.05. The Labute approximate surface area is 104 Å². The van der Waals surface area contributed by atoms with Crippen molar-refractivity contribution in [3.8, 4) is 0 Å². The summed E-state index contributed by atoms with van der Waals surface area (Å²) in [4.78, 5) is 15.5. The van der Waals surface area contributed by atoms with E-state index in [1.54, 1.807) is 6.20 Å². The minimum absolute atomic E-state index is 0.337. The summed E-state index contributed by atoms with van der Waals surface area (Å²) in [5.74, 6) is 0.0129. The molecule has 1 aliphatic rings. The molecule has 5 heteroatoms. The van der Waals surface area contributed by atoms with E-state index in [1.165, 1.54) is 0 Å². The maximum atomic E-state index is 11.2. The minimum Gasteiger partial charge on any atom is -0.478 e. The number of rotatable bonds is 3. The zero-order valence-corrected chi connectivity index (χ0v) is 9.76. The quantitative estimate of drug-likeness (QED) is 0.855. The van der Waals surface area contributed by atoms with Gasteiger partial charge in [0.05, 0.1) is 18.7 Å². The van der Waals surface area contributed by atoms with Crippen LogP contribution in [0.3, 0.4) is 0 Å². The van der Waals surface area contributed by atoms with Gasteiger partial charge in [0.25, 0.3) is 0 Å². The third-order valence-electron chi connectivity index (χ3n) is 3.08. The van der Waals surface area contributed by atoms with Gasteiger partial charge in [0.15, 0.2) is 0 Å². The average molecular weight is 243 g/mol. The van der Waals surface area contributed by atoms with Crippen molar-refractivity contribution in [3.63, 3.8) is 0 Å². The topological polar surface area (TPSA) is 66.6 Å². The number of fused-ring (bicyclic) bond motifs is 1. The molecule has 0 saturated heterocycles. The molecule has 2 N–H and O–H groups in total. The van der Waals surface area contributed by atoms with Gasteiger partial charge in [-0.3, -0.25) is 4.99 Å². The number of carboxylic acid groups (broad SMARTS) is 1. The zero-order chi connectivity index (χ0) is 12.5. The number of nitrogens with one attached hydrogen (secondary N) is 1. The van der Waals surface area contributed by atoms with E-state index < -0.39 is 5.97 Å². The number of benzene rings is 1. The third-order valence-corrected chi connectivity index (χ3v) is 3.08. The number of amidine groups is 1. The summed E-state index contributed by atoms with van der Waals surface area (Å²) in [6.45, 7) is 2.24. The molecule has 0 aliphatic carbocycles. The highest BCUT2D eigenvalue weighted by molar-refractivity contribution is 6.03. The van der Waals surface area contributed by atoms with E-state index in [1.807, 2.05) is 28.8 Å². The van der Waals surface area contributed by atoms with Crippen molar-refractivity contribution in [1.29, 1.82) is 0 Å². The Hall–Kier alpha value is -2.30. The second-order valence-electron chi connectivity index (χ2n) is 4.25. The van der Waals surface area contributed by atoms with E-state index in [0.29, 0.717) is 12.1 Å². The zero-order valence-electron chi connectivity index (χ0n) is 9.76. The number of para-hydroxylation sites is 1. The SMILES string of the molecule is O=C(O)c1cn(CC2=NCCN2)c2ccccc12. The Morgan fingerprint density at radius 2 is 2.28 bits per heavy atom. The molecule has 2 aromatic rings. The molecule has 18 heavy (non-hydrogen) atoms. The molecule has 92 valence electrons. The number of hydrogen-bond donors (Lipinski definition) is 2. The number of carbonyl (C=O) groups is 1. The van der Waals surface area contributed by atoms with E-state index in [4.69, 9.17) is 0 Å². The fourth-order valence-electron chi connectivity index (χ4n) is 2.26. The van der Waals surface area contributed by atoms with Crippen molar-refractivity contribution in [3.05, 3.63) is 36.0 Å². The van der Waals surface area contributed by atoms with Crippen LogP contribution in [0.5, 0.6) is 0 Å². The molecule has 0 saturated carbocycles. The molecule has 0 radical (unpaired) electrons. The van der Waals surface area contributed by atoms with Gasteiger partial charge in [0, 0.05) is 23.6 Å². The van der Waals surface area contributed by atoms with Crippen molar-refractivity contribution in [1.82, 2.24) is 9.88 Å². The predicted molar refractivity (Wildman–Crippen MR) is 69.2 cm³/mol. The van der Waals surface area contributed by atoms with Gasteiger partial charge in [-0.05, 0) is 6.07 Å². The number of nitrogens with zero attached hydrogens (tertiary/aromatic N) is 2. The van der Waals surface area contributed by atoms with Gasteiger partial charge in [0.2, 0.25) is 0 Å². The number of carboxylic acids is 1. The number of aliphatic imine (C=N–C) groups is 1. The summed E-state index contributed by atoms with van der Waals surface area (Å²) < 4.78 is 1.93. The second kappa shape index (κ2) is 4.18. The van der Waals surface area contributed by atoms with E-state index in [-0.39, 0.29) is 0 Å². The average Bonchev–Trinajstić information content (AvgIpc) is 2.98. The van der Waals surface area contributed by atoms with Gasteiger partial charge in [-0.1, -0.05) is 18.2 Å². The molecule has 0 amide bonds. The predicted octanol–water partition coefficient (Wildman–Crippen LogP) is 1.34. The first-order valence-corrected chi connectivity index (χ1v) is 5.84. The highest BCUT2D eigenvalue weighted by Gasteiger charge is 2.15. The van der Waals surface area contributed by atoms with E-state index in [9.17, 15) is 9.90 Å². The molecule has 0 bridgehead atoms. The molecule has 0 atom stereocenters. The fraction of sp³-hybridized carbons (Fsp3) is 0.231. The van der Waals surface area contributed by atoms with Gasteiger partial charge < -0.3 is 15.0 Å². The minimum atomic E-state index is -0.897. The van der Waals surface area contributed by atoms with Crippen LogP contribution in [0.2, 0.25) is 0 Å². The summed E-state index contributed by atoms with van der Waals surface area (Å²) in [5.41, 5.74) is 1.26. The van der Waals surface area contributed by atoms with Crippen LogP contribution < -0.4 is 5.32 Å². The Kier molecular flexibility index (Phi) is 2.51. The Morgan fingerprint density at radius 1 is 1.44 bits per heavy atom. The largest absolute Gasteiger partial charge is 0.478 e. The van der Waals surface area contributed by atoms with Crippen molar-refractivity contribution >= 4 is 22.7 Å². The van der Waals surface area contributed by atoms with E-state index in [0.717, 1.165) is 29.8 Å². The molecular weight excluding hydrogens is 230 g/mol. The van der Waals surface area contributed by atoms with Gasteiger partial charge in [0.1, 0.15) is 5.84 Å². The highest BCUT2D eigenvalue weighted by Crippen LogP contribution is 2.21. The molecule has 2 heterocycles. The van der Waals surface area contributed by atoms with Crippen LogP contribution in [0.1, 0.15) is 10.4 Å². The molecule has 1 aliphatic heterocycles. The van der Waals surface area contributed by atoms with Crippen LogP contribution in [-0.2, 0) is 6.54 Å².